The summed E-state index contributed by atoms with van der Waals surface area (Å²) in [6.07, 6.45) is -0.392. The summed E-state index contributed by atoms with van der Waals surface area (Å²) in [7, 11) is -2.92. The number of carbonyl (C=O) groups is 2. The minimum Gasteiger partial charge on any atom is -0.487 e. The second kappa shape index (κ2) is 11.7. The van der Waals surface area contributed by atoms with Crippen molar-refractivity contribution in [3.63, 3.8) is 0 Å². The number of aliphatic carboxylic acids is 1. The molecule has 4 N–H and O–H groups in total. The first kappa shape index (κ1) is 31.8. The Balaban J connectivity index is 1.28. The summed E-state index contributed by atoms with van der Waals surface area (Å²) in [6, 6.07) is 14.2. The van der Waals surface area contributed by atoms with Gasteiger partial charge in [0.2, 0.25) is 5.96 Å². The number of alkyl carbamates (subject to hydrolysis) is 1. The number of carboxylic acids is 1. The van der Waals surface area contributed by atoms with Crippen LogP contribution in [0.3, 0.4) is 0 Å². The van der Waals surface area contributed by atoms with E-state index in [2.05, 4.69) is 10.3 Å². The second-order valence-corrected chi connectivity index (χ2v) is 14.0. The average Bonchev–Trinajstić information content (AvgIpc) is 3.50. The number of nitrogens with two attached hydrogens (primary N) is 1. The first-order valence-electron chi connectivity index (χ1n) is 14.6. The fourth-order valence-corrected chi connectivity index (χ4v) is 7.77. The second-order valence-electron chi connectivity index (χ2n) is 12.1. The first-order valence-corrected chi connectivity index (χ1v) is 16.0. The lowest BCUT2D eigenvalue weighted by Crippen LogP contribution is -2.45. The third-order valence-corrected chi connectivity index (χ3v) is 10.6. The predicted octanol–water partition coefficient (Wildman–Crippen LogP) is 4.25. The summed E-state index contributed by atoms with van der Waals surface area (Å²) in [6.45, 7) is 8.64. The van der Waals surface area contributed by atoms with Crippen molar-refractivity contribution in [3.05, 3.63) is 81.9 Å². The Morgan fingerprint density at radius 1 is 1.07 bits per heavy atom. The van der Waals surface area contributed by atoms with Gasteiger partial charge in [-0.05, 0) is 73.6 Å². The number of carboxylic acid groups (broad SMARTS) is 1. The number of carbonyl (C=O) groups excluding carboxylic acids is 1. The SMILES string of the molecule is Cc1c(C)c(S(=O)(=O)N(C)C(N)=NC[C@@H](NC(=O)OCC2c3ccccc3-c3ccccc32)C(=O)O)c(C)c2c1OC(C)(C)C2. The van der Waals surface area contributed by atoms with Gasteiger partial charge in [0.05, 0.1) is 11.4 Å². The summed E-state index contributed by atoms with van der Waals surface area (Å²) >= 11 is 0. The molecule has 1 atom stereocenters. The molecule has 0 fully saturated rings. The molecule has 238 valence electrons. The van der Waals surface area contributed by atoms with E-state index >= 15 is 0 Å². The number of sulfonamides is 1. The molecule has 0 aromatic heterocycles. The van der Waals surface area contributed by atoms with Crippen LogP contribution in [-0.2, 0) is 26.0 Å². The highest BCUT2D eigenvalue weighted by Crippen LogP contribution is 2.45. The summed E-state index contributed by atoms with van der Waals surface area (Å²) < 4.78 is 40.0. The number of rotatable bonds is 8. The van der Waals surface area contributed by atoms with Gasteiger partial charge in [0, 0.05) is 24.9 Å². The molecule has 1 amide bonds. The highest BCUT2D eigenvalue weighted by Gasteiger charge is 2.38. The smallest absolute Gasteiger partial charge is 0.407 e. The van der Waals surface area contributed by atoms with Crippen LogP contribution < -0.4 is 15.8 Å². The number of benzene rings is 3. The Bertz CT molecular complexity index is 1790. The standard InChI is InChI=1S/C33H38N4O7S/c1-18-19(2)29(20(3)25-15-33(4,5)44-28(18)25)45(41,42)37(6)31(34)35-16-27(30(38)39)36-32(40)43-17-26-23-13-9-7-11-21(23)22-12-8-10-14-24(22)26/h7-14,26-27H,15-17H2,1-6H3,(H2,34,35)(H,36,40)(H,38,39)/t27-/m1/s1. The van der Waals surface area contributed by atoms with Gasteiger partial charge in [-0.1, -0.05) is 48.5 Å². The van der Waals surface area contributed by atoms with Crippen LogP contribution in [0.4, 0.5) is 4.79 Å². The zero-order chi connectivity index (χ0) is 32.8. The van der Waals surface area contributed by atoms with E-state index in [1.54, 1.807) is 13.8 Å². The maximum Gasteiger partial charge on any atom is 0.407 e. The number of guanidine groups is 1. The molecule has 1 heterocycles. The van der Waals surface area contributed by atoms with Gasteiger partial charge in [-0.2, -0.15) is 0 Å². The maximum absolute atomic E-state index is 13.8. The fraction of sp³-hybridized carbons (Fsp3) is 0.364. The van der Waals surface area contributed by atoms with Gasteiger partial charge in [-0.15, -0.1) is 0 Å². The van der Waals surface area contributed by atoms with Gasteiger partial charge in [0.25, 0.3) is 10.0 Å². The number of amides is 1. The van der Waals surface area contributed by atoms with Crippen molar-refractivity contribution in [3.8, 4) is 16.9 Å². The third-order valence-electron chi connectivity index (χ3n) is 8.60. The van der Waals surface area contributed by atoms with Gasteiger partial charge >= 0.3 is 12.1 Å². The van der Waals surface area contributed by atoms with Crippen LogP contribution in [0, 0.1) is 20.8 Å². The number of hydrogen-bond donors (Lipinski definition) is 3. The van der Waals surface area contributed by atoms with E-state index in [9.17, 15) is 23.1 Å². The molecule has 45 heavy (non-hydrogen) atoms. The van der Waals surface area contributed by atoms with Gasteiger partial charge in [-0.25, -0.2) is 27.3 Å². The van der Waals surface area contributed by atoms with Gasteiger partial charge in [-0.3, -0.25) is 0 Å². The summed E-state index contributed by atoms with van der Waals surface area (Å²) in [5.41, 5.74) is 12.4. The molecular weight excluding hydrogens is 596 g/mol. The Kier molecular flexibility index (Phi) is 8.30. The van der Waals surface area contributed by atoms with Crippen molar-refractivity contribution in [1.82, 2.24) is 9.62 Å². The third kappa shape index (κ3) is 5.82. The molecule has 0 saturated carbocycles. The number of aliphatic imine (C=N–C) groups is 1. The molecule has 0 bridgehead atoms. The zero-order valence-electron chi connectivity index (χ0n) is 26.2. The fourth-order valence-electron chi connectivity index (χ4n) is 6.14. The van der Waals surface area contributed by atoms with E-state index in [0.717, 1.165) is 37.7 Å². The van der Waals surface area contributed by atoms with E-state index in [-0.39, 0.29) is 17.4 Å². The Morgan fingerprint density at radius 2 is 1.64 bits per heavy atom. The molecule has 12 heteroatoms. The lowest BCUT2D eigenvalue weighted by atomic mass is 9.94. The van der Waals surface area contributed by atoms with Crippen molar-refractivity contribution in [2.24, 2.45) is 10.7 Å². The van der Waals surface area contributed by atoms with Crippen LogP contribution in [0.25, 0.3) is 11.1 Å². The van der Waals surface area contributed by atoms with E-state index < -0.39 is 46.2 Å². The summed E-state index contributed by atoms with van der Waals surface area (Å²) in [5.74, 6) is -1.31. The highest BCUT2D eigenvalue weighted by atomic mass is 32.2. The van der Waals surface area contributed by atoms with E-state index in [0.29, 0.717) is 23.3 Å². The van der Waals surface area contributed by atoms with Crippen molar-refractivity contribution in [1.29, 1.82) is 0 Å². The van der Waals surface area contributed by atoms with Gasteiger partial charge in [0.1, 0.15) is 24.0 Å². The molecule has 3 aromatic rings. The van der Waals surface area contributed by atoms with Crippen LogP contribution in [-0.4, -0.2) is 67.7 Å². The topological polar surface area (TPSA) is 161 Å². The summed E-state index contributed by atoms with van der Waals surface area (Å²) in [4.78, 5) is 28.8. The molecule has 0 spiro atoms. The molecule has 0 radical (unpaired) electrons. The lowest BCUT2D eigenvalue weighted by Gasteiger charge is -2.24. The van der Waals surface area contributed by atoms with Crippen molar-refractivity contribution >= 4 is 28.0 Å². The zero-order valence-corrected chi connectivity index (χ0v) is 27.0. The molecule has 5 rings (SSSR count). The van der Waals surface area contributed by atoms with E-state index in [1.807, 2.05) is 69.3 Å². The molecule has 1 aliphatic heterocycles. The number of nitrogens with one attached hydrogen (secondary N) is 1. The molecule has 0 unspecified atom stereocenters. The van der Waals surface area contributed by atoms with Crippen molar-refractivity contribution in [2.45, 2.75) is 63.5 Å². The van der Waals surface area contributed by atoms with Crippen LogP contribution >= 0.6 is 0 Å². The number of nitrogens with zero attached hydrogens (tertiary/aromatic N) is 2. The molecular formula is C33H38N4O7S. The number of ether oxygens (including phenoxy) is 2. The average molecular weight is 635 g/mol. The predicted molar refractivity (Wildman–Crippen MR) is 170 cm³/mol. The monoisotopic (exact) mass is 634 g/mol. The van der Waals surface area contributed by atoms with Crippen LogP contribution in [0.5, 0.6) is 5.75 Å². The highest BCUT2D eigenvalue weighted by molar-refractivity contribution is 7.89. The van der Waals surface area contributed by atoms with Crippen LogP contribution in [0.15, 0.2) is 58.4 Å². The minimum atomic E-state index is -4.18. The van der Waals surface area contributed by atoms with Crippen molar-refractivity contribution in [2.75, 3.05) is 20.2 Å². The Labute approximate surface area is 263 Å². The molecule has 11 nitrogen and oxygen atoms in total. The Hall–Kier alpha value is -4.58. The van der Waals surface area contributed by atoms with Gasteiger partial charge in [0.15, 0.2) is 0 Å². The minimum absolute atomic E-state index is 0.000291. The van der Waals surface area contributed by atoms with Crippen LogP contribution in [0.1, 0.15) is 53.1 Å². The maximum atomic E-state index is 13.8. The van der Waals surface area contributed by atoms with Gasteiger partial charge < -0.3 is 25.6 Å². The molecule has 1 aliphatic carbocycles. The molecule has 2 aliphatic rings. The van der Waals surface area contributed by atoms with Crippen LogP contribution in [0.2, 0.25) is 0 Å². The van der Waals surface area contributed by atoms with E-state index in [4.69, 9.17) is 15.2 Å². The van der Waals surface area contributed by atoms with Crippen molar-refractivity contribution < 1.29 is 32.6 Å². The molecule has 3 aromatic carbocycles. The summed E-state index contributed by atoms with van der Waals surface area (Å²) in [5, 5.41) is 12.1. The molecule has 0 saturated heterocycles. The largest absolute Gasteiger partial charge is 0.487 e. The lowest BCUT2D eigenvalue weighted by molar-refractivity contribution is -0.139. The first-order chi connectivity index (χ1) is 21.1. The normalized spacial score (nSPS) is 15.8. The number of hydrogen-bond acceptors (Lipinski definition) is 7. The number of fused-ring (bicyclic) bond motifs is 4. The van der Waals surface area contributed by atoms with E-state index in [1.165, 1.54) is 7.05 Å². The quantitative estimate of drug-likeness (QED) is 0.245. The Morgan fingerprint density at radius 3 is 2.22 bits per heavy atom.